The largest absolute Gasteiger partial charge is 0.508 e. The lowest BCUT2D eigenvalue weighted by Crippen LogP contribution is -1.91. The second-order valence-corrected chi connectivity index (χ2v) is 6.08. The Morgan fingerprint density at radius 2 is 1.25 bits per heavy atom. The van der Waals surface area contributed by atoms with Crippen molar-refractivity contribution in [3.63, 3.8) is 0 Å². The van der Waals surface area contributed by atoms with Gasteiger partial charge in [0.25, 0.3) is 0 Å². The highest BCUT2D eigenvalue weighted by Gasteiger charge is 2.14. The van der Waals surface area contributed by atoms with Gasteiger partial charge in [0.05, 0.1) is 0 Å². The average Bonchev–Trinajstić information content (AvgIpc) is 2.62. The molecular formula is C23H18O. The van der Waals surface area contributed by atoms with E-state index in [0.29, 0.717) is 0 Å². The van der Waals surface area contributed by atoms with Gasteiger partial charge in [-0.2, -0.15) is 0 Å². The van der Waals surface area contributed by atoms with E-state index in [1.54, 1.807) is 12.1 Å². The number of fused-ring (bicyclic) bond motifs is 1. The summed E-state index contributed by atoms with van der Waals surface area (Å²) in [5, 5.41) is 12.1. The Balaban J connectivity index is 2.13. The highest BCUT2D eigenvalue weighted by Crippen LogP contribution is 2.40. The minimum Gasteiger partial charge on any atom is -0.508 e. The summed E-state index contributed by atoms with van der Waals surface area (Å²) in [6, 6.07) is 28.7. The Kier molecular flexibility index (Phi) is 3.55. The summed E-state index contributed by atoms with van der Waals surface area (Å²) < 4.78 is 0. The van der Waals surface area contributed by atoms with Gasteiger partial charge in [-0.15, -0.1) is 0 Å². The fraction of sp³-hybridized carbons (Fsp3) is 0.0435. The number of aromatic hydroxyl groups is 1. The summed E-state index contributed by atoms with van der Waals surface area (Å²) in [6.07, 6.45) is 0. The van der Waals surface area contributed by atoms with Crippen molar-refractivity contribution in [3.8, 4) is 28.0 Å². The van der Waals surface area contributed by atoms with E-state index in [1.807, 2.05) is 18.2 Å². The van der Waals surface area contributed by atoms with Gasteiger partial charge in [0.15, 0.2) is 0 Å². The van der Waals surface area contributed by atoms with Crippen molar-refractivity contribution < 1.29 is 5.11 Å². The van der Waals surface area contributed by atoms with E-state index in [4.69, 9.17) is 0 Å². The maximum Gasteiger partial charge on any atom is 0.115 e. The van der Waals surface area contributed by atoms with Crippen molar-refractivity contribution in [1.82, 2.24) is 0 Å². The number of benzene rings is 4. The van der Waals surface area contributed by atoms with Gasteiger partial charge in [0, 0.05) is 0 Å². The zero-order chi connectivity index (χ0) is 16.5. The highest BCUT2D eigenvalue weighted by molar-refractivity contribution is 6.05. The number of hydrogen-bond donors (Lipinski definition) is 1. The van der Waals surface area contributed by atoms with Crippen LogP contribution in [0.5, 0.6) is 5.75 Å². The van der Waals surface area contributed by atoms with Crippen LogP contribution < -0.4 is 0 Å². The van der Waals surface area contributed by atoms with Crippen LogP contribution in [-0.2, 0) is 0 Å². The summed E-state index contributed by atoms with van der Waals surface area (Å²) in [5.74, 6) is 0.289. The SMILES string of the molecule is Cc1cc2ccccc2c(-c2ccc(O)cc2)c1-c1ccccc1. The molecule has 0 aliphatic heterocycles. The fourth-order valence-corrected chi connectivity index (χ4v) is 3.39. The second-order valence-electron chi connectivity index (χ2n) is 6.08. The minimum absolute atomic E-state index is 0.289. The number of phenols is 1. The summed E-state index contributed by atoms with van der Waals surface area (Å²) in [5.41, 5.74) is 6.05. The van der Waals surface area contributed by atoms with Gasteiger partial charge in [0.1, 0.15) is 5.75 Å². The molecule has 0 saturated carbocycles. The maximum atomic E-state index is 9.66. The molecule has 0 fully saturated rings. The topological polar surface area (TPSA) is 20.2 Å². The molecule has 0 heterocycles. The summed E-state index contributed by atoms with van der Waals surface area (Å²) in [7, 11) is 0. The molecular weight excluding hydrogens is 292 g/mol. The molecule has 0 aliphatic carbocycles. The van der Waals surface area contributed by atoms with Crippen LogP contribution in [-0.4, -0.2) is 5.11 Å². The summed E-state index contributed by atoms with van der Waals surface area (Å²) in [4.78, 5) is 0. The normalized spacial score (nSPS) is 10.9. The molecule has 0 atom stereocenters. The zero-order valence-corrected chi connectivity index (χ0v) is 13.5. The Morgan fingerprint density at radius 3 is 2.00 bits per heavy atom. The van der Waals surface area contributed by atoms with E-state index in [9.17, 15) is 5.11 Å². The van der Waals surface area contributed by atoms with Crippen LogP contribution in [0, 0.1) is 6.92 Å². The molecule has 24 heavy (non-hydrogen) atoms. The minimum atomic E-state index is 0.289. The lowest BCUT2D eigenvalue weighted by molar-refractivity contribution is 0.475. The molecule has 0 unspecified atom stereocenters. The first kappa shape index (κ1) is 14.5. The van der Waals surface area contributed by atoms with E-state index in [-0.39, 0.29) is 5.75 Å². The van der Waals surface area contributed by atoms with Crippen molar-refractivity contribution in [3.05, 3.63) is 90.5 Å². The maximum absolute atomic E-state index is 9.66. The van der Waals surface area contributed by atoms with Crippen molar-refractivity contribution in [2.75, 3.05) is 0 Å². The first-order chi connectivity index (χ1) is 11.7. The monoisotopic (exact) mass is 310 g/mol. The first-order valence-corrected chi connectivity index (χ1v) is 8.11. The second kappa shape index (κ2) is 5.86. The first-order valence-electron chi connectivity index (χ1n) is 8.11. The molecule has 1 N–H and O–H groups in total. The van der Waals surface area contributed by atoms with Crippen molar-refractivity contribution in [2.24, 2.45) is 0 Å². The molecule has 0 bridgehead atoms. The molecule has 0 radical (unpaired) electrons. The molecule has 1 heteroatoms. The molecule has 0 aliphatic rings. The third kappa shape index (κ3) is 2.44. The van der Waals surface area contributed by atoms with Gasteiger partial charge < -0.3 is 5.11 Å². The van der Waals surface area contributed by atoms with Crippen LogP contribution in [0.2, 0.25) is 0 Å². The number of aryl methyl sites for hydroxylation is 1. The molecule has 116 valence electrons. The van der Waals surface area contributed by atoms with Gasteiger partial charge in [-0.3, -0.25) is 0 Å². The zero-order valence-electron chi connectivity index (χ0n) is 13.5. The molecule has 4 aromatic rings. The van der Waals surface area contributed by atoms with E-state index in [2.05, 4.69) is 61.5 Å². The van der Waals surface area contributed by atoms with Crippen molar-refractivity contribution >= 4 is 10.8 Å². The van der Waals surface area contributed by atoms with Crippen molar-refractivity contribution in [2.45, 2.75) is 6.92 Å². The molecule has 4 aromatic carbocycles. The fourth-order valence-electron chi connectivity index (χ4n) is 3.39. The third-order valence-corrected chi connectivity index (χ3v) is 4.46. The average molecular weight is 310 g/mol. The molecule has 1 nitrogen and oxygen atoms in total. The third-order valence-electron chi connectivity index (χ3n) is 4.46. The lowest BCUT2D eigenvalue weighted by Gasteiger charge is -2.17. The Labute approximate surface area is 141 Å². The molecule has 4 rings (SSSR count). The van der Waals surface area contributed by atoms with Crippen LogP contribution in [0.4, 0.5) is 0 Å². The van der Waals surface area contributed by atoms with E-state index >= 15 is 0 Å². The number of hydrogen-bond acceptors (Lipinski definition) is 1. The predicted molar refractivity (Wildman–Crippen MR) is 101 cm³/mol. The molecule has 0 amide bonds. The Morgan fingerprint density at radius 1 is 0.625 bits per heavy atom. The highest BCUT2D eigenvalue weighted by atomic mass is 16.3. The predicted octanol–water partition coefficient (Wildman–Crippen LogP) is 6.19. The smallest absolute Gasteiger partial charge is 0.115 e. The Bertz CT molecular complexity index is 999. The summed E-state index contributed by atoms with van der Waals surface area (Å²) in [6.45, 7) is 2.17. The van der Waals surface area contributed by atoms with Crippen molar-refractivity contribution in [1.29, 1.82) is 0 Å². The number of rotatable bonds is 2. The van der Waals surface area contributed by atoms with Gasteiger partial charge in [-0.1, -0.05) is 72.8 Å². The summed E-state index contributed by atoms with van der Waals surface area (Å²) >= 11 is 0. The van der Waals surface area contributed by atoms with Crippen LogP contribution in [0.25, 0.3) is 33.0 Å². The Hall–Kier alpha value is -3.06. The molecule has 0 saturated heterocycles. The quantitative estimate of drug-likeness (QED) is 0.468. The van der Waals surface area contributed by atoms with Crippen LogP contribution in [0.15, 0.2) is 84.9 Å². The van der Waals surface area contributed by atoms with E-state index in [0.717, 1.165) is 5.56 Å². The van der Waals surface area contributed by atoms with Gasteiger partial charge in [-0.25, -0.2) is 0 Å². The van der Waals surface area contributed by atoms with Gasteiger partial charge >= 0.3 is 0 Å². The number of phenolic OH excluding ortho intramolecular Hbond substituents is 1. The van der Waals surface area contributed by atoms with Crippen LogP contribution in [0.3, 0.4) is 0 Å². The van der Waals surface area contributed by atoms with E-state index < -0.39 is 0 Å². The molecule has 0 spiro atoms. The van der Waals surface area contributed by atoms with Crippen LogP contribution >= 0.6 is 0 Å². The van der Waals surface area contributed by atoms with Gasteiger partial charge in [-0.05, 0) is 57.6 Å². The molecule has 0 aromatic heterocycles. The van der Waals surface area contributed by atoms with Gasteiger partial charge in [0.2, 0.25) is 0 Å². The standard InChI is InChI=1S/C23H18O/c1-16-15-19-9-5-6-10-21(19)23(18-11-13-20(24)14-12-18)22(16)17-7-3-2-4-8-17/h2-15,24H,1H3. The lowest BCUT2D eigenvalue weighted by atomic mass is 9.86. The van der Waals surface area contributed by atoms with E-state index in [1.165, 1.54) is 33.0 Å². The van der Waals surface area contributed by atoms with Crippen LogP contribution in [0.1, 0.15) is 5.56 Å².